The number of unbranched alkanes of at least 4 members (excludes halogenated alkanes) is 31. The third kappa shape index (κ3) is 54.9. The zero-order valence-electron chi connectivity index (χ0n) is 44.8. The fourth-order valence-corrected chi connectivity index (χ4v) is 8.97. The van der Waals surface area contributed by atoms with E-state index in [0.717, 1.165) is 51.4 Å². The van der Waals surface area contributed by atoms with E-state index >= 15 is 0 Å². The molecule has 402 valence electrons. The van der Waals surface area contributed by atoms with Crippen LogP contribution < -0.4 is 5.73 Å². The van der Waals surface area contributed by atoms with Gasteiger partial charge in [0.05, 0.1) is 13.2 Å². The van der Waals surface area contributed by atoms with Crippen LogP contribution >= 0.6 is 7.82 Å². The molecule has 0 rings (SSSR count). The first kappa shape index (κ1) is 66.7. The minimum absolute atomic E-state index is 0.0432. The van der Waals surface area contributed by atoms with Crippen LogP contribution in [-0.4, -0.2) is 49.3 Å². The van der Waals surface area contributed by atoms with Gasteiger partial charge in [0.1, 0.15) is 6.61 Å². The molecule has 10 heteroatoms. The van der Waals surface area contributed by atoms with Gasteiger partial charge in [0.25, 0.3) is 0 Å². The molecule has 2 unspecified atom stereocenters. The Hall–Kier alpha value is -2.29. The molecule has 0 aromatic heterocycles. The van der Waals surface area contributed by atoms with Gasteiger partial charge in [0, 0.05) is 19.4 Å². The van der Waals surface area contributed by atoms with Gasteiger partial charge < -0.3 is 20.1 Å². The molecule has 0 heterocycles. The summed E-state index contributed by atoms with van der Waals surface area (Å²) in [6.07, 6.45) is 68.8. The second-order valence-corrected chi connectivity index (χ2v) is 20.6. The summed E-state index contributed by atoms with van der Waals surface area (Å²) in [5, 5.41) is 0. The van der Waals surface area contributed by atoms with Crippen molar-refractivity contribution in [1.29, 1.82) is 0 Å². The summed E-state index contributed by atoms with van der Waals surface area (Å²) in [5.41, 5.74) is 5.37. The van der Waals surface area contributed by atoms with E-state index < -0.39 is 32.5 Å². The summed E-state index contributed by atoms with van der Waals surface area (Å²) < 4.78 is 32.9. The first-order chi connectivity index (χ1) is 33.8. The average Bonchev–Trinajstić information content (AvgIpc) is 3.34. The van der Waals surface area contributed by atoms with E-state index in [0.29, 0.717) is 12.8 Å². The lowest BCUT2D eigenvalue weighted by atomic mass is 10.0. The van der Waals surface area contributed by atoms with Crippen LogP contribution in [0.3, 0.4) is 0 Å². The van der Waals surface area contributed by atoms with E-state index in [9.17, 15) is 19.0 Å². The maximum absolute atomic E-state index is 12.6. The molecule has 0 saturated carbocycles. The number of phosphoric ester groups is 1. The monoisotopic (exact) mass is 990 g/mol. The topological polar surface area (TPSA) is 134 Å². The molecular weight excluding hydrogens is 882 g/mol. The smallest absolute Gasteiger partial charge is 0.462 e. The summed E-state index contributed by atoms with van der Waals surface area (Å²) >= 11 is 0. The van der Waals surface area contributed by atoms with Gasteiger partial charge in [-0.1, -0.05) is 267 Å². The Labute approximate surface area is 425 Å². The molecule has 0 aromatic rings. The normalized spacial score (nSPS) is 13.5. The van der Waals surface area contributed by atoms with E-state index in [4.69, 9.17) is 24.3 Å². The molecule has 0 aromatic carbocycles. The largest absolute Gasteiger partial charge is 0.472 e. The Balaban J connectivity index is 3.91. The molecule has 0 fully saturated rings. The van der Waals surface area contributed by atoms with Crippen LogP contribution in [0.2, 0.25) is 0 Å². The Morgan fingerprint density at radius 3 is 1.17 bits per heavy atom. The lowest BCUT2D eigenvalue weighted by molar-refractivity contribution is -0.161. The first-order valence-corrected chi connectivity index (χ1v) is 30.3. The number of carbonyl (C=O) groups is 2. The van der Waals surface area contributed by atoms with Crippen molar-refractivity contribution in [3.63, 3.8) is 0 Å². The van der Waals surface area contributed by atoms with E-state index in [1.54, 1.807) is 0 Å². The van der Waals surface area contributed by atoms with Crippen molar-refractivity contribution in [2.24, 2.45) is 5.73 Å². The maximum atomic E-state index is 12.6. The number of hydrogen-bond donors (Lipinski definition) is 2. The molecule has 0 bridgehead atoms. The van der Waals surface area contributed by atoms with Crippen LogP contribution in [-0.2, 0) is 32.7 Å². The van der Waals surface area contributed by atoms with E-state index in [1.165, 1.54) is 180 Å². The third-order valence-corrected chi connectivity index (χ3v) is 13.4. The predicted octanol–water partition coefficient (Wildman–Crippen LogP) is 18.0. The highest BCUT2D eigenvalue weighted by atomic mass is 31.2. The zero-order chi connectivity index (χ0) is 50.2. The van der Waals surface area contributed by atoms with Gasteiger partial charge in [0.15, 0.2) is 6.10 Å². The molecule has 0 saturated heterocycles. The summed E-state index contributed by atoms with van der Waals surface area (Å²) in [6.45, 7) is 3.59. The van der Waals surface area contributed by atoms with Crippen molar-refractivity contribution < 1.29 is 37.6 Å². The third-order valence-electron chi connectivity index (χ3n) is 12.4. The summed E-state index contributed by atoms with van der Waals surface area (Å²) in [5.74, 6) is -0.889. The van der Waals surface area contributed by atoms with Gasteiger partial charge in [-0.3, -0.25) is 18.6 Å². The number of carbonyl (C=O) groups excluding carboxylic acids is 2. The Morgan fingerprint density at radius 2 is 0.797 bits per heavy atom. The summed E-state index contributed by atoms with van der Waals surface area (Å²) in [4.78, 5) is 35.1. The molecule has 0 amide bonds. The van der Waals surface area contributed by atoms with Gasteiger partial charge in [-0.2, -0.15) is 0 Å². The van der Waals surface area contributed by atoms with Crippen LogP contribution in [0.4, 0.5) is 0 Å². The average molecular weight is 990 g/mol. The van der Waals surface area contributed by atoms with Crippen molar-refractivity contribution in [3.8, 4) is 0 Å². The SMILES string of the molecule is CC/C=C\C/C=C\C/C=C\C/C=C\C/C=C\CCCC(=O)OC(COC(=O)CCCCCCCCCCCCCCCCCCCCCCCCCCCCCCCCC)COP(=O)(O)OCCN. The number of ether oxygens (including phenoxy) is 2. The van der Waals surface area contributed by atoms with Crippen LogP contribution in [0.1, 0.15) is 271 Å². The number of hydrogen-bond acceptors (Lipinski definition) is 8. The van der Waals surface area contributed by atoms with Crippen molar-refractivity contribution in [1.82, 2.24) is 0 Å². The van der Waals surface area contributed by atoms with E-state index in [1.807, 2.05) is 6.08 Å². The lowest BCUT2D eigenvalue weighted by Crippen LogP contribution is -2.29. The maximum Gasteiger partial charge on any atom is 0.472 e. The second kappa shape index (κ2) is 55.0. The predicted molar refractivity (Wildman–Crippen MR) is 293 cm³/mol. The molecular formula is C59H108NO8P. The molecule has 9 nitrogen and oxygen atoms in total. The number of nitrogens with two attached hydrogens (primary N) is 1. The molecule has 3 N–H and O–H groups in total. The van der Waals surface area contributed by atoms with Crippen molar-refractivity contribution in [3.05, 3.63) is 60.8 Å². The standard InChI is InChI=1S/C59H108NO8P/c1-3-5-7-9-11-13-15-17-19-21-22-23-24-25-26-27-28-29-30-31-32-33-34-36-37-39-41-43-45-47-49-51-58(61)65-55-57(56-67-69(63,64)66-54-53-60)68-59(62)52-50-48-46-44-42-40-38-35-20-18-16-14-12-10-8-6-4-2/h6,8,12,14,18,20,38,40,44,46,57H,3-5,7,9-11,13,15-17,19,21-37,39,41-43,45,47-56,60H2,1-2H3,(H,63,64)/b8-6-,14-12-,20-18-,40-38-,46-44-. The highest BCUT2D eigenvalue weighted by Gasteiger charge is 2.26. The van der Waals surface area contributed by atoms with E-state index in [2.05, 4.69) is 68.5 Å². The van der Waals surface area contributed by atoms with E-state index in [-0.39, 0.29) is 32.6 Å². The van der Waals surface area contributed by atoms with Crippen LogP contribution in [0.5, 0.6) is 0 Å². The van der Waals surface area contributed by atoms with Crippen LogP contribution in [0.15, 0.2) is 60.8 Å². The van der Waals surface area contributed by atoms with Crippen LogP contribution in [0, 0.1) is 0 Å². The molecule has 2 atom stereocenters. The zero-order valence-corrected chi connectivity index (χ0v) is 45.7. The van der Waals surface area contributed by atoms with Gasteiger partial charge >= 0.3 is 19.8 Å². The van der Waals surface area contributed by atoms with Gasteiger partial charge in [-0.05, 0) is 51.4 Å². The van der Waals surface area contributed by atoms with Crippen molar-refractivity contribution >= 4 is 19.8 Å². The van der Waals surface area contributed by atoms with Crippen LogP contribution in [0.25, 0.3) is 0 Å². The highest BCUT2D eigenvalue weighted by Crippen LogP contribution is 2.43. The number of phosphoric acid groups is 1. The fourth-order valence-electron chi connectivity index (χ4n) is 8.20. The minimum Gasteiger partial charge on any atom is -0.462 e. The molecule has 0 spiro atoms. The molecule has 0 aliphatic rings. The quantitative estimate of drug-likeness (QED) is 0.0264. The number of esters is 2. The molecule has 0 radical (unpaired) electrons. The highest BCUT2D eigenvalue weighted by molar-refractivity contribution is 7.47. The Bertz CT molecular complexity index is 1310. The van der Waals surface area contributed by atoms with Gasteiger partial charge in [-0.25, -0.2) is 4.57 Å². The Morgan fingerprint density at radius 1 is 0.449 bits per heavy atom. The van der Waals surface area contributed by atoms with Crippen molar-refractivity contribution in [2.45, 2.75) is 277 Å². The van der Waals surface area contributed by atoms with Gasteiger partial charge in [0.2, 0.25) is 0 Å². The summed E-state index contributed by atoms with van der Waals surface area (Å²) in [7, 11) is -4.40. The Kier molecular flexibility index (Phi) is 53.2. The minimum atomic E-state index is -4.40. The first-order valence-electron chi connectivity index (χ1n) is 28.8. The second-order valence-electron chi connectivity index (χ2n) is 19.1. The molecule has 0 aliphatic heterocycles. The lowest BCUT2D eigenvalue weighted by Gasteiger charge is -2.19. The summed E-state index contributed by atoms with van der Waals surface area (Å²) in [6, 6.07) is 0. The fraction of sp³-hybridized carbons (Fsp3) is 0.797. The molecule has 69 heavy (non-hydrogen) atoms. The van der Waals surface area contributed by atoms with Gasteiger partial charge in [-0.15, -0.1) is 0 Å². The number of allylic oxidation sites excluding steroid dienone is 10. The number of rotatable bonds is 54. The van der Waals surface area contributed by atoms with Crippen molar-refractivity contribution in [2.75, 3.05) is 26.4 Å². The molecule has 0 aliphatic carbocycles.